The molecule has 6 heavy (non-hydrogen) atoms. The Hall–Kier alpha value is 2.74. The van der Waals surface area contributed by atoms with Crippen LogP contribution in [0.25, 0.3) is 12.3 Å². The van der Waals surface area contributed by atoms with E-state index in [1.165, 1.54) is 0 Å². The standard InChI is InChI=1S/Cu.3Mg.2N/q;3*+2;2*-3. The molecule has 0 atom stereocenters. The summed E-state index contributed by atoms with van der Waals surface area (Å²) in [5.41, 5.74) is 0. The monoisotopic (exact) mass is 163 g/mol. The molecule has 0 aliphatic rings. The third-order valence-corrected chi connectivity index (χ3v) is 0. The predicted molar refractivity (Wildman–Crippen MR) is 24.0 cm³/mol. The van der Waals surface area contributed by atoms with Crippen LogP contribution in [0.3, 0.4) is 0 Å². The van der Waals surface area contributed by atoms with Gasteiger partial charge in [0.1, 0.15) is 0 Å². The Morgan fingerprint density at radius 1 is 0.500 bits per heavy atom. The van der Waals surface area contributed by atoms with Crippen LogP contribution in [0.4, 0.5) is 0 Å². The largest absolute Gasteiger partial charge is 3.00 e. The SMILES string of the molecule is [Cu].[Mg+2].[Mg+2].[Mg+2].[N-3].[N-3]. The van der Waals surface area contributed by atoms with Gasteiger partial charge >= 0.3 is 69.2 Å². The van der Waals surface area contributed by atoms with E-state index in [4.69, 9.17) is 0 Å². The van der Waals surface area contributed by atoms with Gasteiger partial charge in [-0.05, 0) is 0 Å². The molecule has 0 N–H and O–H groups in total. The van der Waals surface area contributed by atoms with Crippen LogP contribution < -0.4 is 0 Å². The summed E-state index contributed by atoms with van der Waals surface area (Å²) in [7, 11) is 0. The van der Waals surface area contributed by atoms with Gasteiger partial charge < -0.3 is 12.3 Å². The van der Waals surface area contributed by atoms with Crippen LogP contribution in [0.2, 0.25) is 0 Å². The normalized spacial score (nSPS) is 0. The van der Waals surface area contributed by atoms with Gasteiger partial charge in [0.05, 0.1) is 0 Å². The maximum Gasteiger partial charge on any atom is 2.00 e. The maximum atomic E-state index is 0. The molecule has 0 amide bonds. The Morgan fingerprint density at radius 3 is 0.500 bits per heavy atom. The Bertz CT molecular complexity index is 8.75. The summed E-state index contributed by atoms with van der Waals surface area (Å²) in [6.45, 7) is 0. The van der Waals surface area contributed by atoms with Gasteiger partial charge in [0.25, 0.3) is 0 Å². The molecule has 0 unspecified atom stereocenters. The fraction of sp³-hybridized carbons (Fsp3) is 0. The maximum absolute atomic E-state index is 0. The van der Waals surface area contributed by atoms with E-state index < -0.39 is 0 Å². The minimum atomic E-state index is 0. The molecule has 6 heteroatoms. The third kappa shape index (κ3) is 29.6. The van der Waals surface area contributed by atoms with Gasteiger partial charge in [-0.3, -0.25) is 0 Å². The van der Waals surface area contributed by atoms with Gasteiger partial charge in [0.2, 0.25) is 0 Å². The van der Waals surface area contributed by atoms with E-state index in [2.05, 4.69) is 0 Å². The fourth-order valence-corrected chi connectivity index (χ4v) is 0. The molecule has 1 radical (unpaired) electrons. The number of nitrogens with zero attached hydrogens (tertiary/aromatic N) is 2. The summed E-state index contributed by atoms with van der Waals surface area (Å²) in [6, 6.07) is 0. The zero-order chi connectivity index (χ0) is 0. The first-order valence-electron chi connectivity index (χ1n) is 0. The first kappa shape index (κ1) is 69.8. The number of rotatable bonds is 0. The van der Waals surface area contributed by atoms with Crippen molar-refractivity contribution in [2.45, 2.75) is 0 Å². The Balaban J connectivity index is 0. The van der Waals surface area contributed by atoms with Crippen molar-refractivity contribution < 1.29 is 17.1 Å². The van der Waals surface area contributed by atoms with E-state index in [1.54, 1.807) is 0 Å². The van der Waals surface area contributed by atoms with Gasteiger partial charge in [-0.25, -0.2) is 0 Å². The van der Waals surface area contributed by atoms with Gasteiger partial charge in [-0.1, -0.05) is 0 Å². The minimum absolute atomic E-state index is 0. The van der Waals surface area contributed by atoms with Gasteiger partial charge in [0.15, 0.2) is 0 Å². The zero-order valence-corrected chi connectivity index (χ0v) is 8.50. The van der Waals surface area contributed by atoms with Crippen LogP contribution in [0.1, 0.15) is 0 Å². The smallest absolute Gasteiger partial charge is 2.00 e. The van der Waals surface area contributed by atoms with Crippen LogP contribution in [-0.4, -0.2) is 69.2 Å². The third-order valence-electron chi connectivity index (χ3n) is 0. The molecule has 0 bridgehead atoms. The molecule has 0 fully saturated rings. The van der Waals surface area contributed by atoms with E-state index >= 15 is 0 Å². The first-order valence-corrected chi connectivity index (χ1v) is 0. The molecule has 0 rings (SSSR count). The van der Waals surface area contributed by atoms with E-state index in [1.807, 2.05) is 0 Å². The molecule has 0 heterocycles. The zero-order valence-electron chi connectivity index (χ0n) is 3.32. The van der Waals surface area contributed by atoms with E-state index in [0.29, 0.717) is 0 Å². The van der Waals surface area contributed by atoms with Crippen molar-refractivity contribution in [3.05, 3.63) is 12.3 Å². The van der Waals surface area contributed by atoms with Gasteiger partial charge in [-0.2, -0.15) is 0 Å². The average Bonchev–Trinajstić information content (AvgIpc) is 0. The predicted octanol–water partition coefficient (Wildman–Crippen LogP) is -0.568. The molecule has 27 valence electrons. The molecule has 0 saturated carbocycles. The second-order valence-electron chi connectivity index (χ2n) is 0. The van der Waals surface area contributed by atoms with Crippen molar-refractivity contribution in [2.24, 2.45) is 0 Å². The molecular weight excluding hydrogens is 164 g/mol. The van der Waals surface area contributed by atoms with E-state index in [9.17, 15) is 0 Å². The fourth-order valence-electron chi connectivity index (χ4n) is 0. The summed E-state index contributed by atoms with van der Waals surface area (Å²) in [5.74, 6) is 0. The van der Waals surface area contributed by atoms with E-state index in [-0.39, 0.29) is 98.5 Å². The second kappa shape index (κ2) is 46.9. The minimum Gasteiger partial charge on any atom is -3.00 e. The van der Waals surface area contributed by atoms with Crippen molar-refractivity contribution >= 4 is 69.2 Å². The van der Waals surface area contributed by atoms with Crippen LogP contribution in [-0.2, 0) is 17.1 Å². The average molecular weight is 164 g/mol. The summed E-state index contributed by atoms with van der Waals surface area (Å²) in [6.07, 6.45) is 0. The summed E-state index contributed by atoms with van der Waals surface area (Å²) in [5, 5.41) is 0. The van der Waals surface area contributed by atoms with Crippen LogP contribution in [0.15, 0.2) is 0 Å². The van der Waals surface area contributed by atoms with Crippen molar-refractivity contribution in [2.75, 3.05) is 0 Å². The van der Waals surface area contributed by atoms with Crippen LogP contribution in [0, 0.1) is 0 Å². The van der Waals surface area contributed by atoms with Crippen molar-refractivity contribution in [1.82, 2.24) is 0 Å². The van der Waals surface area contributed by atoms with Crippen molar-refractivity contribution in [1.29, 1.82) is 0 Å². The molecule has 2 nitrogen and oxygen atoms in total. The molecule has 0 aliphatic carbocycles. The molecular formula is CuMg3N2. The number of hydrogen-bond donors (Lipinski definition) is 0. The molecule has 0 aromatic carbocycles. The van der Waals surface area contributed by atoms with Crippen LogP contribution in [0.5, 0.6) is 0 Å². The molecule has 0 saturated heterocycles. The topological polar surface area (TPSA) is 61.0 Å². The number of hydrogen-bond acceptors (Lipinski definition) is 0. The van der Waals surface area contributed by atoms with Crippen molar-refractivity contribution in [3.8, 4) is 0 Å². The first-order chi connectivity index (χ1) is 0. The molecule has 0 aliphatic heterocycles. The van der Waals surface area contributed by atoms with Crippen molar-refractivity contribution in [3.63, 3.8) is 0 Å². The van der Waals surface area contributed by atoms with Crippen LogP contribution >= 0.6 is 0 Å². The molecule has 0 spiro atoms. The van der Waals surface area contributed by atoms with Gasteiger partial charge in [0, 0.05) is 17.1 Å². The second-order valence-corrected chi connectivity index (χ2v) is 0. The quantitative estimate of drug-likeness (QED) is 0.431. The Morgan fingerprint density at radius 2 is 0.500 bits per heavy atom. The summed E-state index contributed by atoms with van der Waals surface area (Å²) in [4.78, 5) is 0. The Labute approximate surface area is 97.0 Å². The Kier molecular flexibility index (Phi) is 545. The summed E-state index contributed by atoms with van der Waals surface area (Å²) >= 11 is 0. The molecule has 0 aromatic heterocycles. The summed E-state index contributed by atoms with van der Waals surface area (Å²) < 4.78 is 0. The van der Waals surface area contributed by atoms with E-state index in [0.717, 1.165) is 0 Å². The molecule has 0 aromatic rings. The van der Waals surface area contributed by atoms with Gasteiger partial charge in [-0.15, -0.1) is 0 Å².